The summed E-state index contributed by atoms with van der Waals surface area (Å²) in [7, 11) is 0. The summed E-state index contributed by atoms with van der Waals surface area (Å²) >= 11 is 0. The lowest BCUT2D eigenvalue weighted by Crippen LogP contribution is -2.49. The van der Waals surface area contributed by atoms with Crippen LogP contribution in [-0.2, 0) is 0 Å². The van der Waals surface area contributed by atoms with Gasteiger partial charge >= 0.3 is 0 Å². The zero-order chi connectivity index (χ0) is 15.5. The molecule has 0 bridgehead atoms. The van der Waals surface area contributed by atoms with Crippen molar-refractivity contribution in [3.05, 3.63) is 29.3 Å². The molecule has 122 valence electrons. The molecule has 2 aliphatic rings. The van der Waals surface area contributed by atoms with Gasteiger partial charge in [0.2, 0.25) is 0 Å². The van der Waals surface area contributed by atoms with Crippen molar-refractivity contribution < 1.29 is 9.84 Å². The van der Waals surface area contributed by atoms with Crippen LogP contribution in [0.5, 0.6) is 5.75 Å². The lowest BCUT2D eigenvalue weighted by atomic mass is 10.1. The van der Waals surface area contributed by atoms with Gasteiger partial charge in [-0.25, -0.2) is 0 Å². The highest BCUT2D eigenvalue weighted by atomic mass is 16.5. The van der Waals surface area contributed by atoms with E-state index in [1.54, 1.807) is 0 Å². The second-order valence-corrected chi connectivity index (χ2v) is 6.86. The maximum absolute atomic E-state index is 10.2. The number of nitrogens with zero attached hydrogens (tertiary/aromatic N) is 2. The second kappa shape index (κ2) is 6.99. The number of hydrogen-bond acceptors (Lipinski definition) is 4. The second-order valence-electron chi connectivity index (χ2n) is 6.86. The maximum Gasteiger partial charge on any atom is 0.119 e. The highest BCUT2D eigenvalue weighted by Crippen LogP contribution is 2.27. The molecule has 0 aromatic heterocycles. The minimum Gasteiger partial charge on any atom is -0.491 e. The summed E-state index contributed by atoms with van der Waals surface area (Å²) in [5.41, 5.74) is 2.39. The first kappa shape index (κ1) is 15.8. The predicted molar refractivity (Wildman–Crippen MR) is 88.5 cm³/mol. The van der Waals surface area contributed by atoms with Crippen molar-refractivity contribution in [2.75, 3.05) is 39.3 Å². The van der Waals surface area contributed by atoms with Crippen LogP contribution in [0, 0.1) is 13.8 Å². The molecule has 1 saturated carbocycles. The molecule has 1 saturated heterocycles. The molecule has 2 fully saturated rings. The molecule has 1 unspecified atom stereocenters. The maximum atomic E-state index is 10.2. The third-order valence-electron chi connectivity index (χ3n) is 4.58. The summed E-state index contributed by atoms with van der Waals surface area (Å²) in [6.07, 6.45) is 2.34. The zero-order valence-electron chi connectivity index (χ0n) is 13.8. The number of aliphatic hydroxyl groups is 1. The molecule has 1 atom stereocenters. The normalized spacial score (nSPS) is 21.8. The van der Waals surface area contributed by atoms with E-state index in [9.17, 15) is 5.11 Å². The van der Waals surface area contributed by atoms with Gasteiger partial charge in [0.1, 0.15) is 18.5 Å². The Balaban J connectivity index is 1.39. The van der Waals surface area contributed by atoms with Crippen molar-refractivity contribution in [1.82, 2.24) is 9.80 Å². The van der Waals surface area contributed by atoms with E-state index in [-0.39, 0.29) is 0 Å². The van der Waals surface area contributed by atoms with Crippen molar-refractivity contribution in [1.29, 1.82) is 0 Å². The van der Waals surface area contributed by atoms with Crippen molar-refractivity contribution in [3.63, 3.8) is 0 Å². The van der Waals surface area contributed by atoms with Crippen LogP contribution in [0.1, 0.15) is 24.0 Å². The summed E-state index contributed by atoms with van der Waals surface area (Å²) in [4.78, 5) is 4.95. The Morgan fingerprint density at radius 3 is 2.32 bits per heavy atom. The van der Waals surface area contributed by atoms with Crippen LogP contribution in [0.3, 0.4) is 0 Å². The fourth-order valence-electron chi connectivity index (χ4n) is 3.31. The van der Waals surface area contributed by atoms with Crippen LogP contribution in [-0.4, -0.2) is 66.4 Å². The molecule has 0 radical (unpaired) electrons. The van der Waals surface area contributed by atoms with Crippen LogP contribution in [0.25, 0.3) is 0 Å². The number of β-amino-alcohol motifs (C(OH)–C–C–N with tert-alkyl or cyclic N) is 1. The number of piperazine rings is 1. The molecule has 0 spiro atoms. The predicted octanol–water partition coefficient (Wildman–Crippen LogP) is 1.82. The molecule has 3 rings (SSSR count). The highest BCUT2D eigenvalue weighted by molar-refractivity contribution is 5.32. The van der Waals surface area contributed by atoms with E-state index in [0.717, 1.165) is 38.0 Å². The van der Waals surface area contributed by atoms with Gasteiger partial charge in [-0.1, -0.05) is 6.07 Å². The van der Waals surface area contributed by atoms with E-state index in [1.165, 1.54) is 24.0 Å². The van der Waals surface area contributed by atoms with Gasteiger partial charge < -0.3 is 9.84 Å². The standard InChI is InChI=1S/C18H28N2O2/c1-14-9-15(2)11-18(10-14)22-13-17(21)12-19-5-7-20(8-6-19)16-3-4-16/h9-11,16-17,21H,3-8,12-13H2,1-2H3. The Kier molecular flexibility index (Phi) is 5.01. The van der Waals surface area contributed by atoms with E-state index in [4.69, 9.17) is 4.74 Å². The van der Waals surface area contributed by atoms with E-state index in [0.29, 0.717) is 13.2 Å². The molecular formula is C18H28N2O2. The Morgan fingerprint density at radius 1 is 1.09 bits per heavy atom. The molecule has 4 nitrogen and oxygen atoms in total. The minimum absolute atomic E-state index is 0.367. The molecule has 22 heavy (non-hydrogen) atoms. The van der Waals surface area contributed by atoms with Crippen molar-refractivity contribution in [2.24, 2.45) is 0 Å². The first-order valence-corrected chi connectivity index (χ1v) is 8.46. The van der Waals surface area contributed by atoms with Gasteiger partial charge in [0.15, 0.2) is 0 Å². The van der Waals surface area contributed by atoms with Gasteiger partial charge in [-0.15, -0.1) is 0 Å². The van der Waals surface area contributed by atoms with E-state index in [2.05, 4.69) is 29.7 Å². The average Bonchev–Trinajstić information content (AvgIpc) is 3.30. The lowest BCUT2D eigenvalue weighted by molar-refractivity contribution is 0.0445. The molecule has 1 aliphatic carbocycles. The fraction of sp³-hybridized carbons (Fsp3) is 0.667. The van der Waals surface area contributed by atoms with Crippen LogP contribution in [0.2, 0.25) is 0 Å². The number of hydrogen-bond donors (Lipinski definition) is 1. The first-order chi connectivity index (χ1) is 10.6. The third kappa shape index (κ3) is 4.45. The van der Waals surface area contributed by atoms with Gasteiger partial charge in [-0.3, -0.25) is 9.80 Å². The molecule has 1 aromatic carbocycles. The molecule has 4 heteroatoms. The number of aryl methyl sites for hydroxylation is 2. The molecular weight excluding hydrogens is 276 g/mol. The lowest BCUT2D eigenvalue weighted by Gasteiger charge is -2.35. The SMILES string of the molecule is Cc1cc(C)cc(OCC(O)CN2CCN(C3CC3)CC2)c1. The van der Waals surface area contributed by atoms with Gasteiger partial charge in [-0.2, -0.15) is 0 Å². The van der Waals surface area contributed by atoms with Gasteiger partial charge in [0.25, 0.3) is 0 Å². The molecule has 1 aliphatic heterocycles. The third-order valence-corrected chi connectivity index (χ3v) is 4.58. The van der Waals surface area contributed by atoms with Crippen molar-refractivity contribution in [2.45, 2.75) is 38.8 Å². The topological polar surface area (TPSA) is 35.9 Å². The molecule has 1 heterocycles. The number of rotatable bonds is 6. The number of benzene rings is 1. The van der Waals surface area contributed by atoms with Crippen LogP contribution < -0.4 is 4.74 Å². The average molecular weight is 304 g/mol. The van der Waals surface area contributed by atoms with Crippen LogP contribution >= 0.6 is 0 Å². The summed E-state index contributed by atoms with van der Waals surface area (Å²) < 4.78 is 5.75. The highest BCUT2D eigenvalue weighted by Gasteiger charge is 2.31. The van der Waals surface area contributed by atoms with Gasteiger partial charge in [0, 0.05) is 38.8 Å². The molecule has 0 amide bonds. The summed E-state index contributed by atoms with van der Waals surface area (Å²) in [5, 5.41) is 10.2. The van der Waals surface area contributed by atoms with E-state index >= 15 is 0 Å². The molecule has 1 aromatic rings. The Morgan fingerprint density at radius 2 is 1.73 bits per heavy atom. The monoisotopic (exact) mass is 304 g/mol. The van der Waals surface area contributed by atoms with E-state index in [1.807, 2.05) is 12.1 Å². The Hall–Kier alpha value is -1.10. The zero-order valence-corrected chi connectivity index (χ0v) is 13.8. The van der Waals surface area contributed by atoms with E-state index < -0.39 is 6.10 Å². The number of aliphatic hydroxyl groups excluding tert-OH is 1. The van der Waals surface area contributed by atoms with Crippen molar-refractivity contribution in [3.8, 4) is 5.75 Å². The van der Waals surface area contributed by atoms with Crippen LogP contribution in [0.4, 0.5) is 0 Å². The smallest absolute Gasteiger partial charge is 0.119 e. The Labute approximate surface area is 133 Å². The Bertz CT molecular complexity index is 474. The van der Waals surface area contributed by atoms with Crippen LogP contribution in [0.15, 0.2) is 18.2 Å². The van der Waals surface area contributed by atoms with Gasteiger partial charge in [0.05, 0.1) is 0 Å². The summed E-state index contributed by atoms with van der Waals surface area (Å²) in [6, 6.07) is 7.03. The number of ether oxygens (including phenoxy) is 1. The fourth-order valence-corrected chi connectivity index (χ4v) is 3.31. The molecule has 1 N–H and O–H groups in total. The summed E-state index contributed by atoms with van der Waals surface area (Å²) in [5.74, 6) is 0.857. The van der Waals surface area contributed by atoms with Crippen molar-refractivity contribution >= 4 is 0 Å². The quantitative estimate of drug-likeness (QED) is 0.870. The largest absolute Gasteiger partial charge is 0.491 e. The minimum atomic E-state index is -0.423. The first-order valence-electron chi connectivity index (χ1n) is 8.46. The summed E-state index contributed by atoms with van der Waals surface area (Å²) in [6.45, 7) is 9.64. The van der Waals surface area contributed by atoms with Gasteiger partial charge in [-0.05, 0) is 49.9 Å².